The number of nitrogens with zero attached hydrogens (tertiary/aromatic N) is 3. The van der Waals surface area contributed by atoms with Gasteiger partial charge in [-0.2, -0.15) is 0 Å². The van der Waals surface area contributed by atoms with Gasteiger partial charge in [0.1, 0.15) is 6.54 Å². The number of rotatable bonds is 5. The number of thioether (sulfide) groups is 1. The van der Waals surface area contributed by atoms with E-state index in [1.807, 2.05) is 6.92 Å². The van der Waals surface area contributed by atoms with Crippen LogP contribution in [-0.2, 0) is 9.59 Å². The smallest absolute Gasteiger partial charge is 0.294 e. The number of piperidine rings is 1. The van der Waals surface area contributed by atoms with Gasteiger partial charge in [-0.25, -0.2) is 0 Å². The third-order valence-electron chi connectivity index (χ3n) is 7.86. The summed E-state index contributed by atoms with van der Waals surface area (Å²) < 4.78 is 2.20. The van der Waals surface area contributed by atoms with E-state index in [0.717, 1.165) is 58.6 Å². The average molecular weight is 506 g/mol. The molecule has 2 aliphatic heterocycles. The molecule has 1 saturated carbocycles. The molecule has 36 heavy (non-hydrogen) atoms. The lowest BCUT2D eigenvalue weighted by Gasteiger charge is -2.27. The summed E-state index contributed by atoms with van der Waals surface area (Å²) in [7, 11) is 0. The van der Waals surface area contributed by atoms with Gasteiger partial charge in [-0.05, 0) is 99.0 Å². The summed E-state index contributed by atoms with van der Waals surface area (Å²) in [6.45, 7) is 5.34. The van der Waals surface area contributed by atoms with Crippen molar-refractivity contribution in [1.82, 2.24) is 14.4 Å². The van der Waals surface area contributed by atoms with E-state index in [2.05, 4.69) is 41.8 Å². The van der Waals surface area contributed by atoms with Crippen LogP contribution in [0, 0.1) is 13.8 Å². The third-order valence-corrected chi connectivity index (χ3v) is 8.77. The van der Waals surface area contributed by atoms with Gasteiger partial charge in [-0.1, -0.05) is 31.4 Å². The van der Waals surface area contributed by atoms with Gasteiger partial charge < -0.3 is 9.47 Å². The summed E-state index contributed by atoms with van der Waals surface area (Å²) in [5.74, 6) is 0.151. The molecule has 0 bridgehead atoms. The summed E-state index contributed by atoms with van der Waals surface area (Å²) in [6.07, 6.45) is 11.4. The zero-order valence-electron chi connectivity index (χ0n) is 21.3. The molecule has 1 aromatic heterocycles. The molecule has 7 heteroatoms. The molecule has 3 amide bonds. The first kappa shape index (κ1) is 24.9. The van der Waals surface area contributed by atoms with E-state index >= 15 is 0 Å². The standard InChI is InChI=1S/C29H35N3O3S/c1-20-17-24(21(2)32(20)25-13-11-23(12-14-25)22-9-5-3-6-10-22)18-26-28(34)31(29(35)36-26)19-27(33)30-15-7-4-8-16-30/h11-14,17-18,22H,3-10,15-16,19H2,1-2H3/b26-18-. The number of hydrogen-bond acceptors (Lipinski definition) is 4. The fourth-order valence-corrected chi connectivity index (χ4v) is 6.65. The molecule has 3 aliphatic rings. The Labute approximate surface area is 217 Å². The maximum atomic E-state index is 13.0. The summed E-state index contributed by atoms with van der Waals surface area (Å²) in [6, 6.07) is 10.9. The predicted molar refractivity (Wildman–Crippen MR) is 144 cm³/mol. The Morgan fingerprint density at radius 3 is 2.33 bits per heavy atom. The number of imide groups is 1. The molecule has 0 radical (unpaired) electrons. The van der Waals surface area contributed by atoms with E-state index < -0.39 is 0 Å². The summed E-state index contributed by atoms with van der Waals surface area (Å²) in [4.78, 5) is 41.5. The van der Waals surface area contributed by atoms with Crippen LogP contribution in [0.2, 0.25) is 0 Å². The van der Waals surface area contributed by atoms with Gasteiger partial charge in [-0.3, -0.25) is 19.3 Å². The molecule has 5 rings (SSSR count). The molecule has 190 valence electrons. The molecule has 0 unspecified atom stereocenters. The first-order chi connectivity index (χ1) is 17.4. The third kappa shape index (κ3) is 5.03. The molecule has 6 nitrogen and oxygen atoms in total. The van der Waals surface area contributed by atoms with Crippen molar-refractivity contribution >= 4 is 34.9 Å². The van der Waals surface area contributed by atoms with Crippen LogP contribution in [0.15, 0.2) is 35.2 Å². The number of likely N-dealkylation sites (tertiary alicyclic amines) is 1. The van der Waals surface area contributed by atoms with Crippen LogP contribution in [0.25, 0.3) is 11.8 Å². The highest BCUT2D eigenvalue weighted by atomic mass is 32.2. The summed E-state index contributed by atoms with van der Waals surface area (Å²) in [5.41, 5.74) is 5.54. The summed E-state index contributed by atoms with van der Waals surface area (Å²) in [5, 5.41) is -0.372. The molecule has 2 saturated heterocycles. The Hall–Kier alpha value is -2.80. The Kier molecular flexibility index (Phi) is 7.37. The second-order valence-corrected chi connectivity index (χ2v) is 11.3. The first-order valence-corrected chi connectivity index (χ1v) is 14.1. The number of carbonyl (C=O) groups is 3. The highest BCUT2D eigenvalue weighted by Gasteiger charge is 2.37. The molecule has 0 spiro atoms. The Morgan fingerprint density at radius 2 is 1.64 bits per heavy atom. The van der Waals surface area contributed by atoms with Gasteiger partial charge in [0.2, 0.25) is 5.91 Å². The van der Waals surface area contributed by atoms with Crippen molar-refractivity contribution in [3.8, 4) is 5.69 Å². The predicted octanol–water partition coefficient (Wildman–Crippen LogP) is 6.19. The Morgan fingerprint density at radius 1 is 0.972 bits per heavy atom. The van der Waals surface area contributed by atoms with Crippen LogP contribution >= 0.6 is 11.8 Å². The molecule has 1 aromatic carbocycles. The zero-order chi connectivity index (χ0) is 25.2. The molecule has 3 heterocycles. The van der Waals surface area contributed by atoms with Crippen LogP contribution in [-0.4, -0.2) is 51.1 Å². The summed E-state index contributed by atoms with van der Waals surface area (Å²) >= 11 is 0.921. The topological polar surface area (TPSA) is 62.6 Å². The van der Waals surface area contributed by atoms with Crippen molar-refractivity contribution in [3.05, 3.63) is 57.8 Å². The van der Waals surface area contributed by atoms with Crippen molar-refractivity contribution in [2.75, 3.05) is 19.6 Å². The molecular formula is C29H35N3O3S. The minimum absolute atomic E-state index is 0.145. The van der Waals surface area contributed by atoms with Crippen LogP contribution in [0.3, 0.4) is 0 Å². The van der Waals surface area contributed by atoms with E-state index in [4.69, 9.17) is 0 Å². The maximum Gasteiger partial charge on any atom is 0.294 e. The van der Waals surface area contributed by atoms with E-state index in [9.17, 15) is 14.4 Å². The number of amides is 3. The molecular weight excluding hydrogens is 470 g/mol. The van der Waals surface area contributed by atoms with Crippen molar-refractivity contribution in [2.45, 2.75) is 71.1 Å². The van der Waals surface area contributed by atoms with Crippen LogP contribution < -0.4 is 0 Å². The molecule has 0 atom stereocenters. The number of aryl methyl sites for hydroxylation is 1. The van der Waals surface area contributed by atoms with Gasteiger partial charge in [0.25, 0.3) is 11.1 Å². The monoisotopic (exact) mass is 505 g/mol. The Balaban J connectivity index is 1.32. The second kappa shape index (κ2) is 10.7. The van der Waals surface area contributed by atoms with Gasteiger partial charge in [0, 0.05) is 30.2 Å². The molecule has 3 fully saturated rings. The van der Waals surface area contributed by atoms with Crippen molar-refractivity contribution in [1.29, 1.82) is 0 Å². The fraction of sp³-hybridized carbons (Fsp3) is 0.483. The number of benzene rings is 1. The molecule has 1 aliphatic carbocycles. The molecule has 0 N–H and O–H groups in total. The average Bonchev–Trinajstić information content (AvgIpc) is 3.33. The van der Waals surface area contributed by atoms with E-state index in [1.165, 1.54) is 37.7 Å². The van der Waals surface area contributed by atoms with Gasteiger partial charge in [-0.15, -0.1) is 0 Å². The fourth-order valence-electron chi connectivity index (χ4n) is 5.82. The van der Waals surface area contributed by atoms with Crippen molar-refractivity contribution in [2.24, 2.45) is 0 Å². The zero-order valence-corrected chi connectivity index (χ0v) is 22.1. The second-order valence-electron chi connectivity index (χ2n) is 10.3. The van der Waals surface area contributed by atoms with Gasteiger partial charge in [0.15, 0.2) is 0 Å². The lowest BCUT2D eigenvalue weighted by Crippen LogP contribution is -2.44. The number of carbonyl (C=O) groups excluding carboxylic acids is 3. The van der Waals surface area contributed by atoms with E-state index in [0.29, 0.717) is 23.9 Å². The first-order valence-electron chi connectivity index (χ1n) is 13.2. The lowest BCUT2D eigenvalue weighted by molar-refractivity contribution is -0.136. The van der Waals surface area contributed by atoms with E-state index in [-0.39, 0.29) is 23.6 Å². The highest BCUT2D eigenvalue weighted by molar-refractivity contribution is 8.18. The molecule has 2 aromatic rings. The lowest BCUT2D eigenvalue weighted by atomic mass is 9.84. The van der Waals surface area contributed by atoms with Gasteiger partial charge >= 0.3 is 0 Å². The van der Waals surface area contributed by atoms with Crippen molar-refractivity contribution in [3.63, 3.8) is 0 Å². The van der Waals surface area contributed by atoms with Crippen LogP contribution in [0.1, 0.15) is 79.8 Å². The van der Waals surface area contributed by atoms with Crippen LogP contribution in [0.4, 0.5) is 4.79 Å². The maximum absolute atomic E-state index is 13.0. The minimum Gasteiger partial charge on any atom is -0.341 e. The van der Waals surface area contributed by atoms with Crippen LogP contribution in [0.5, 0.6) is 0 Å². The van der Waals surface area contributed by atoms with E-state index in [1.54, 1.807) is 11.0 Å². The SMILES string of the molecule is Cc1cc(/C=C2\SC(=O)N(CC(=O)N3CCCCC3)C2=O)c(C)n1-c1ccc(C2CCCCC2)cc1. The largest absolute Gasteiger partial charge is 0.341 e. The quantitative estimate of drug-likeness (QED) is 0.455. The minimum atomic E-state index is -0.378. The highest BCUT2D eigenvalue weighted by Crippen LogP contribution is 2.35. The Bertz CT molecular complexity index is 1190. The number of hydrogen-bond donors (Lipinski definition) is 0. The normalized spacial score (nSPS) is 20.6. The van der Waals surface area contributed by atoms with Crippen molar-refractivity contribution < 1.29 is 14.4 Å². The van der Waals surface area contributed by atoms with Gasteiger partial charge in [0.05, 0.1) is 4.91 Å². The number of aromatic nitrogens is 1.